The molecule has 0 atom stereocenters. The zero-order valence-corrected chi connectivity index (χ0v) is 11.9. The molecular weight excluding hydrogens is 322 g/mol. The van der Waals surface area contributed by atoms with Crippen molar-refractivity contribution in [3.05, 3.63) is 57.2 Å². The molecule has 3 rings (SSSR count). The normalized spacial score (nSPS) is 11.1. The third-order valence-corrected chi connectivity index (χ3v) is 3.90. The minimum Gasteiger partial charge on any atom is -0.480 e. The standard InChI is InChI=1S/C15H10BrNO3/c16-10-5-3-7-12-14(10)15(20)9-4-1-2-6-11(9)17(12)8-13(18)19/h1-7H,8H2,(H,18,19). The molecule has 1 N–H and O–H groups in total. The molecule has 3 aromatic rings. The van der Waals surface area contributed by atoms with Gasteiger partial charge < -0.3 is 9.67 Å². The molecule has 1 aromatic heterocycles. The van der Waals surface area contributed by atoms with Crippen LogP contribution in [0.2, 0.25) is 0 Å². The number of nitrogens with zero attached hydrogens (tertiary/aromatic N) is 1. The van der Waals surface area contributed by atoms with E-state index in [1.807, 2.05) is 0 Å². The summed E-state index contributed by atoms with van der Waals surface area (Å²) in [6.07, 6.45) is 0. The Labute approximate surface area is 122 Å². The van der Waals surface area contributed by atoms with Gasteiger partial charge in [0.1, 0.15) is 6.54 Å². The van der Waals surface area contributed by atoms with Crippen LogP contribution >= 0.6 is 15.9 Å². The van der Waals surface area contributed by atoms with Gasteiger partial charge in [0.25, 0.3) is 0 Å². The number of hydrogen-bond donors (Lipinski definition) is 1. The molecule has 0 unspecified atom stereocenters. The van der Waals surface area contributed by atoms with E-state index in [0.29, 0.717) is 26.3 Å². The highest BCUT2D eigenvalue weighted by Crippen LogP contribution is 2.24. The summed E-state index contributed by atoms with van der Waals surface area (Å²) in [4.78, 5) is 23.7. The number of aromatic nitrogens is 1. The van der Waals surface area contributed by atoms with Crippen molar-refractivity contribution in [2.75, 3.05) is 0 Å². The van der Waals surface area contributed by atoms with Crippen LogP contribution < -0.4 is 5.43 Å². The number of rotatable bonds is 2. The zero-order valence-electron chi connectivity index (χ0n) is 10.3. The van der Waals surface area contributed by atoms with Crippen LogP contribution in [0.3, 0.4) is 0 Å². The molecule has 4 nitrogen and oxygen atoms in total. The largest absolute Gasteiger partial charge is 0.480 e. The van der Waals surface area contributed by atoms with Crippen LogP contribution in [0.25, 0.3) is 21.8 Å². The maximum Gasteiger partial charge on any atom is 0.323 e. The van der Waals surface area contributed by atoms with Gasteiger partial charge in [-0.25, -0.2) is 0 Å². The second-order valence-electron chi connectivity index (χ2n) is 4.46. The fourth-order valence-corrected chi connectivity index (χ4v) is 2.97. The van der Waals surface area contributed by atoms with E-state index in [2.05, 4.69) is 15.9 Å². The van der Waals surface area contributed by atoms with Crippen LogP contribution in [0.4, 0.5) is 0 Å². The summed E-state index contributed by atoms with van der Waals surface area (Å²) in [6, 6.07) is 12.4. The number of hydrogen-bond acceptors (Lipinski definition) is 2. The van der Waals surface area contributed by atoms with Crippen molar-refractivity contribution in [2.24, 2.45) is 0 Å². The summed E-state index contributed by atoms with van der Waals surface area (Å²) in [5.41, 5.74) is 1.15. The Morgan fingerprint density at radius 3 is 2.55 bits per heavy atom. The van der Waals surface area contributed by atoms with E-state index in [1.165, 1.54) is 0 Å². The second kappa shape index (κ2) is 4.76. The topological polar surface area (TPSA) is 59.3 Å². The summed E-state index contributed by atoms with van der Waals surface area (Å²) in [5, 5.41) is 10.1. The Morgan fingerprint density at radius 1 is 1.10 bits per heavy atom. The Morgan fingerprint density at radius 2 is 1.80 bits per heavy atom. The molecule has 0 saturated carbocycles. The van der Waals surface area contributed by atoms with Crippen LogP contribution in [0.15, 0.2) is 51.7 Å². The molecule has 0 radical (unpaired) electrons. The van der Waals surface area contributed by atoms with Crippen molar-refractivity contribution in [3.8, 4) is 0 Å². The average Bonchev–Trinajstić information content (AvgIpc) is 2.43. The highest BCUT2D eigenvalue weighted by atomic mass is 79.9. The van der Waals surface area contributed by atoms with Crippen molar-refractivity contribution in [1.82, 2.24) is 4.57 Å². The number of carbonyl (C=O) groups is 1. The lowest BCUT2D eigenvalue weighted by Gasteiger charge is -2.13. The van der Waals surface area contributed by atoms with Gasteiger partial charge in [0, 0.05) is 9.86 Å². The number of carboxylic acid groups (broad SMARTS) is 1. The van der Waals surface area contributed by atoms with Crippen LogP contribution in [0.1, 0.15) is 0 Å². The first-order valence-electron chi connectivity index (χ1n) is 6.01. The Bertz CT molecular complexity index is 899. The maximum atomic E-state index is 12.6. The second-order valence-corrected chi connectivity index (χ2v) is 5.31. The van der Waals surface area contributed by atoms with E-state index in [0.717, 1.165) is 0 Å². The fraction of sp³-hybridized carbons (Fsp3) is 0.0667. The molecule has 20 heavy (non-hydrogen) atoms. The predicted molar refractivity (Wildman–Crippen MR) is 81.0 cm³/mol. The highest BCUT2D eigenvalue weighted by Gasteiger charge is 2.14. The minimum atomic E-state index is -0.944. The average molecular weight is 332 g/mol. The molecule has 0 amide bonds. The van der Waals surface area contributed by atoms with E-state index in [1.54, 1.807) is 47.0 Å². The number of halogens is 1. The monoisotopic (exact) mass is 331 g/mol. The third kappa shape index (κ3) is 1.91. The number of carboxylic acids is 1. The molecular formula is C15H10BrNO3. The van der Waals surface area contributed by atoms with Crippen molar-refractivity contribution in [1.29, 1.82) is 0 Å². The molecule has 2 aromatic carbocycles. The molecule has 0 aliphatic rings. The number of para-hydroxylation sites is 1. The van der Waals surface area contributed by atoms with Gasteiger partial charge in [0.2, 0.25) is 0 Å². The number of pyridine rings is 1. The van der Waals surface area contributed by atoms with E-state index >= 15 is 0 Å². The summed E-state index contributed by atoms with van der Waals surface area (Å²) in [7, 11) is 0. The molecule has 0 saturated heterocycles. The lowest BCUT2D eigenvalue weighted by Crippen LogP contribution is -2.16. The number of aliphatic carboxylic acids is 1. The molecule has 0 fully saturated rings. The molecule has 0 aliphatic heterocycles. The summed E-state index contributed by atoms with van der Waals surface area (Å²) in [5.74, 6) is -0.944. The molecule has 1 heterocycles. The van der Waals surface area contributed by atoms with Gasteiger partial charge in [-0.3, -0.25) is 9.59 Å². The smallest absolute Gasteiger partial charge is 0.323 e. The van der Waals surface area contributed by atoms with Crippen LogP contribution in [0.5, 0.6) is 0 Å². The van der Waals surface area contributed by atoms with Gasteiger partial charge in [-0.05, 0) is 40.2 Å². The quantitative estimate of drug-likeness (QED) is 0.734. The van der Waals surface area contributed by atoms with Crippen LogP contribution in [-0.4, -0.2) is 15.6 Å². The number of benzene rings is 2. The fourth-order valence-electron chi connectivity index (χ4n) is 2.43. The van der Waals surface area contributed by atoms with Crippen molar-refractivity contribution < 1.29 is 9.90 Å². The summed E-state index contributed by atoms with van der Waals surface area (Å²) in [6.45, 7) is -0.187. The lowest BCUT2D eigenvalue weighted by atomic mass is 10.1. The SMILES string of the molecule is O=C(O)Cn1c2ccccc2c(=O)c2c(Br)cccc21. The molecule has 5 heteroatoms. The van der Waals surface area contributed by atoms with Gasteiger partial charge in [-0.2, -0.15) is 0 Å². The minimum absolute atomic E-state index is 0.0929. The third-order valence-electron chi connectivity index (χ3n) is 3.24. The van der Waals surface area contributed by atoms with Crippen molar-refractivity contribution in [3.63, 3.8) is 0 Å². The van der Waals surface area contributed by atoms with Gasteiger partial charge in [-0.1, -0.05) is 18.2 Å². The van der Waals surface area contributed by atoms with Gasteiger partial charge in [-0.15, -0.1) is 0 Å². The molecule has 0 aliphatic carbocycles. The Hall–Kier alpha value is -2.14. The zero-order chi connectivity index (χ0) is 14.3. The first kappa shape index (κ1) is 12.9. The highest BCUT2D eigenvalue weighted by molar-refractivity contribution is 9.10. The predicted octanol–water partition coefficient (Wildman–Crippen LogP) is 3.00. The first-order chi connectivity index (χ1) is 9.59. The lowest BCUT2D eigenvalue weighted by molar-refractivity contribution is -0.137. The molecule has 0 spiro atoms. The number of fused-ring (bicyclic) bond motifs is 2. The molecule has 100 valence electrons. The van der Waals surface area contributed by atoms with E-state index in [-0.39, 0.29) is 12.0 Å². The van der Waals surface area contributed by atoms with E-state index < -0.39 is 5.97 Å². The van der Waals surface area contributed by atoms with Crippen LogP contribution in [0, 0.1) is 0 Å². The summed E-state index contributed by atoms with van der Waals surface area (Å²) < 4.78 is 2.32. The molecule has 0 bridgehead atoms. The van der Waals surface area contributed by atoms with Crippen molar-refractivity contribution in [2.45, 2.75) is 6.54 Å². The maximum absolute atomic E-state index is 12.6. The van der Waals surface area contributed by atoms with Crippen LogP contribution in [-0.2, 0) is 11.3 Å². The Kier molecular flexibility index (Phi) is 3.06. The van der Waals surface area contributed by atoms with Gasteiger partial charge in [0.05, 0.1) is 16.4 Å². The summed E-state index contributed by atoms with van der Waals surface area (Å²) >= 11 is 3.37. The van der Waals surface area contributed by atoms with E-state index in [4.69, 9.17) is 5.11 Å². The van der Waals surface area contributed by atoms with Gasteiger partial charge in [0.15, 0.2) is 5.43 Å². The van der Waals surface area contributed by atoms with Gasteiger partial charge >= 0.3 is 5.97 Å². The Balaban J connectivity index is 2.60. The first-order valence-corrected chi connectivity index (χ1v) is 6.80. The van der Waals surface area contributed by atoms with E-state index in [9.17, 15) is 9.59 Å². The van der Waals surface area contributed by atoms with Crippen molar-refractivity contribution >= 4 is 43.7 Å².